The van der Waals surface area contributed by atoms with Gasteiger partial charge in [-0.3, -0.25) is 4.90 Å². The summed E-state index contributed by atoms with van der Waals surface area (Å²) in [6.45, 7) is 16.5. The quantitative estimate of drug-likeness (QED) is 0.621. The summed E-state index contributed by atoms with van der Waals surface area (Å²) in [5.41, 5.74) is 0. The lowest BCUT2D eigenvalue weighted by atomic mass is 9.76. The fraction of sp³-hybridized carbons (Fsp3) is 1.00. The van der Waals surface area contributed by atoms with Crippen molar-refractivity contribution in [1.29, 1.82) is 0 Å². The topological polar surface area (TPSA) is 15.3 Å². The van der Waals surface area contributed by atoms with Crippen LogP contribution in [0.25, 0.3) is 0 Å². The van der Waals surface area contributed by atoms with Gasteiger partial charge < -0.3 is 5.32 Å². The van der Waals surface area contributed by atoms with Gasteiger partial charge in [0.05, 0.1) is 0 Å². The fourth-order valence-electron chi connectivity index (χ4n) is 4.00. The van der Waals surface area contributed by atoms with E-state index in [4.69, 9.17) is 0 Å². The van der Waals surface area contributed by atoms with Gasteiger partial charge in [-0.25, -0.2) is 0 Å². The van der Waals surface area contributed by atoms with Gasteiger partial charge in [-0.2, -0.15) is 0 Å². The highest BCUT2D eigenvalue weighted by Crippen LogP contribution is 2.33. The summed E-state index contributed by atoms with van der Waals surface area (Å²) in [5.74, 6) is 1.75. The van der Waals surface area contributed by atoms with Crippen LogP contribution in [0.2, 0.25) is 0 Å². The minimum absolute atomic E-state index is 0.666. The average Bonchev–Trinajstić information content (AvgIpc) is 2.44. The van der Waals surface area contributed by atoms with Gasteiger partial charge in [0.25, 0.3) is 0 Å². The minimum Gasteiger partial charge on any atom is -0.313 e. The largest absolute Gasteiger partial charge is 0.313 e. The lowest BCUT2D eigenvalue weighted by Gasteiger charge is -2.46. The Morgan fingerprint density at radius 2 is 1.76 bits per heavy atom. The molecule has 0 bridgehead atoms. The second-order valence-electron chi connectivity index (χ2n) is 7.59. The van der Waals surface area contributed by atoms with Gasteiger partial charge in [-0.15, -0.1) is 0 Å². The predicted molar refractivity (Wildman–Crippen MR) is 94.8 cm³/mol. The molecule has 0 aromatic heterocycles. The maximum absolute atomic E-state index is 3.78. The van der Waals surface area contributed by atoms with Crippen LogP contribution in [-0.2, 0) is 0 Å². The van der Waals surface area contributed by atoms with E-state index < -0.39 is 0 Å². The molecule has 3 atom stereocenters. The van der Waals surface area contributed by atoms with Crippen molar-refractivity contribution in [3.63, 3.8) is 0 Å². The lowest BCUT2D eigenvalue weighted by molar-refractivity contribution is 0.0594. The molecular weight excluding hydrogens is 256 g/mol. The molecule has 0 heterocycles. The highest BCUT2D eigenvalue weighted by molar-refractivity contribution is 4.92. The highest BCUT2D eigenvalue weighted by atomic mass is 15.2. The van der Waals surface area contributed by atoms with E-state index in [0.717, 1.165) is 24.4 Å². The van der Waals surface area contributed by atoms with E-state index in [1.54, 1.807) is 0 Å². The standard InChI is InChI=1S/C19H40N2/c1-7-9-10-13-21(16(5)6)19-14-17(15(3)4)11-12-18(19)20-8-2/h15-20H,7-14H2,1-6H3. The molecule has 0 aromatic carbocycles. The number of nitrogens with one attached hydrogen (secondary N) is 1. The molecule has 0 amide bonds. The van der Waals surface area contributed by atoms with Crippen molar-refractivity contribution in [3.8, 4) is 0 Å². The number of rotatable bonds is 9. The fourth-order valence-corrected chi connectivity index (χ4v) is 4.00. The van der Waals surface area contributed by atoms with Crippen molar-refractivity contribution in [1.82, 2.24) is 10.2 Å². The molecule has 1 aliphatic carbocycles. The molecule has 1 saturated carbocycles. The Hall–Kier alpha value is -0.0800. The Balaban J connectivity index is 2.75. The second-order valence-corrected chi connectivity index (χ2v) is 7.59. The summed E-state index contributed by atoms with van der Waals surface area (Å²) in [6, 6.07) is 2.11. The molecule has 1 rings (SSSR count). The summed E-state index contributed by atoms with van der Waals surface area (Å²) in [7, 11) is 0. The van der Waals surface area contributed by atoms with Gasteiger partial charge in [0.2, 0.25) is 0 Å². The molecule has 21 heavy (non-hydrogen) atoms. The van der Waals surface area contributed by atoms with Crippen LogP contribution in [0, 0.1) is 11.8 Å². The first kappa shape index (κ1) is 19.0. The van der Waals surface area contributed by atoms with Gasteiger partial charge in [0, 0.05) is 18.1 Å². The van der Waals surface area contributed by atoms with Gasteiger partial charge in [-0.1, -0.05) is 40.5 Å². The lowest BCUT2D eigenvalue weighted by Crippen LogP contribution is -2.55. The van der Waals surface area contributed by atoms with E-state index in [9.17, 15) is 0 Å². The first-order chi connectivity index (χ1) is 10.0. The van der Waals surface area contributed by atoms with Crippen LogP contribution in [0.15, 0.2) is 0 Å². The number of nitrogens with zero attached hydrogens (tertiary/aromatic N) is 1. The van der Waals surface area contributed by atoms with Crippen LogP contribution in [0.1, 0.15) is 80.1 Å². The molecule has 3 unspecified atom stereocenters. The van der Waals surface area contributed by atoms with Crippen LogP contribution in [0.3, 0.4) is 0 Å². The molecule has 1 N–H and O–H groups in total. The summed E-state index contributed by atoms with van der Waals surface area (Å²) >= 11 is 0. The normalized spacial score (nSPS) is 27.0. The number of hydrogen-bond acceptors (Lipinski definition) is 2. The molecule has 0 saturated heterocycles. The van der Waals surface area contributed by atoms with Gasteiger partial charge in [0.15, 0.2) is 0 Å². The molecule has 0 radical (unpaired) electrons. The molecule has 1 fully saturated rings. The summed E-state index contributed by atoms with van der Waals surface area (Å²) in [5, 5.41) is 3.78. The monoisotopic (exact) mass is 296 g/mol. The van der Waals surface area contributed by atoms with Crippen LogP contribution < -0.4 is 5.32 Å². The van der Waals surface area contributed by atoms with Gasteiger partial charge in [0.1, 0.15) is 0 Å². The SMILES string of the molecule is CCCCCN(C(C)C)C1CC(C(C)C)CCC1NCC. The van der Waals surface area contributed by atoms with Gasteiger partial charge >= 0.3 is 0 Å². The predicted octanol–water partition coefficient (Wildman–Crippen LogP) is 4.69. The van der Waals surface area contributed by atoms with E-state index in [1.165, 1.54) is 45.1 Å². The number of hydrogen-bond donors (Lipinski definition) is 1. The molecular formula is C19H40N2. The average molecular weight is 297 g/mol. The molecule has 1 aliphatic rings. The maximum Gasteiger partial charge on any atom is 0.0254 e. The first-order valence-electron chi connectivity index (χ1n) is 9.50. The van der Waals surface area contributed by atoms with Crippen molar-refractivity contribution in [2.24, 2.45) is 11.8 Å². The first-order valence-corrected chi connectivity index (χ1v) is 9.50. The zero-order valence-electron chi connectivity index (χ0n) is 15.5. The van der Waals surface area contributed by atoms with Gasteiger partial charge in [-0.05, 0) is 64.5 Å². The molecule has 2 nitrogen and oxygen atoms in total. The molecule has 0 aliphatic heterocycles. The molecule has 126 valence electrons. The van der Waals surface area contributed by atoms with E-state index >= 15 is 0 Å². The van der Waals surface area contributed by atoms with Crippen molar-refractivity contribution in [2.45, 2.75) is 98.2 Å². The maximum atomic E-state index is 3.78. The highest BCUT2D eigenvalue weighted by Gasteiger charge is 2.35. The zero-order valence-corrected chi connectivity index (χ0v) is 15.5. The van der Waals surface area contributed by atoms with Crippen molar-refractivity contribution in [2.75, 3.05) is 13.1 Å². The minimum atomic E-state index is 0.666. The Kier molecular flexibility index (Phi) is 8.89. The van der Waals surface area contributed by atoms with Crippen molar-refractivity contribution >= 4 is 0 Å². The second kappa shape index (κ2) is 9.84. The van der Waals surface area contributed by atoms with Crippen LogP contribution in [-0.4, -0.2) is 36.1 Å². The zero-order chi connectivity index (χ0) is 15.8. The Morgan fingerprint density at radius 1 is 1.05 bits per heavy atom. The Labute approximate surface area is 134 Å². The summed E-state index contributed by atoms with van der Waals surface area (Å²) in [4.78, 5) is 2.80. The van der Waals surface area contributed by atoms with Crippen LogP contribution >= 0.6 is 0 Å². The van der Waals surface area contributed by atoms with Crippen LogP contribution in [0.4, 0.5) is 0 Å². The van der Waals surface area contributed by atoms with E-state index in [2.05, 4.69) is 51.8 Å². The van der Waals surface area contributed by atoms with E-state index in [1.807, 2.05) is 0 Å². The third kappa shape index (κ3) is 5.90. The molecule has 0 aromatic rings. The number of unbranched alkanes of at least 4 members (excludes halogenated alkanes) is 2. The van der Waals surface area contributed by atoms with E-state index in [-0.39, 0.29) is 0 Å². The van der Waals surface area contributed by atoms with E-state index in [0.29, 0.717) is 12.1 Å². The summed E-state index contributed by atoms with van der Waals surface area (Å²) in [6.07, 6.45) is 8.21. The third-order valence-corrected chi connectivity index (χ3v) is 5.38. The van der Waals surface area contributed by atoms with Crippen LogP contribution in [0.5, 0.6) is 0 Å². The Morgan fingerprint density at radius 3 is 2.29 bits per heavy atom. The molecule has 2 heteroatoms. The summed E-state index contributed by atoms with van der Waals surface area (Å²) < 4.78 is 0. The molecule has 0 spiro atoms. The van der Waals surface area contributed by atoms with Crippen molar-refractivity contribution in [3.05, 3.63) is 0 Å². The third-order valence-electron chi connectivity index (χ3n) is 5.38. The van der Waals surface area contributed by atoms with Crippen molar-refractivity contribution < 1.29 is 0 Å². The number of likely N-dealkylation sites (N-methyl/N-ethyl adjacent to an activating group) is 1. The smallest absolute Gasteiger partial charge is 0.0254 e. The Bertz CT molecular complexity index is 262.